The number of para-hydroxylation sites is 2. The smallest absolute Gasteiger partial charge is 0.286 e. The predicted octanol–water partition coefficient (Wildman–Crippen LogP) is 5.47. The highest BCUT2D eigenvalue weighted by Gasteiger charge is 2.11. The molecule has 0 fully saturated rings. The quantitative estimate of drug-likeness (QED) is 0.311. The summed E-state index contributed by atoms with van der Waals surface area (Å²) in [6.45, 7) is 6.19. The second-order valence-corrected chi connectivity index (χ2v) is 8.31. The van der Waals surface area contributed by atoms with Crippen LogP contribution in [0.5, 0.6) is 5.75 Å². The number of carbonyl (C=O) groups excluding carboxylic acids is 1. The Kier molecular flexibility index (Phi) is 7.45. The Morgan fingerprint density at radius 1 is 1.03 bits per heavy atom. The number of carbonyl (C=O) groups is 1. The molecule has 0 bridgehead atoms. The fourth-order valence-corrected chi connectivity index (χ4v) is 3.91. The van der Waals surface area contributed by atoms with Crippen LogP contribution in [0.25, 0.3) is 11.0 Å². The molecule has 1 amide bonds. The van der Waals surface area contributed by atoms with Crippen LogP contribution in [0.4, 0.5) is 0 Å². The molecule has 33 heavy (non-hydrogen) atoms. The summed E-state index contributed by atoms with van der Waals surface area (Å²) in [5, 5.41) is 2.90. The fraction of sp³-hybridized carbons (Fsp3) is 0.333. The number of nitrogens with one attached hydrogen (secondary N) is 1. The van der Waals surface area contributed by atoms with Crippen molar-refractivity contribution in [2.75, 3.05) is 13.2 Å². The minimum absolute atomic E-state index is 0.162. The zero-order valence-electron chi connectivity index (χ0n) is 19.3. The first-order chi connectivity index (χ1) is 16.1. The summed E-state index contributed by atoms with van der Waals surface area (Å²) in [6, 6.07) is 17.9. The molecule has 2 aromatic carbocycles. The van der Waals surface area contributed by atoms with Crippen LogP contribution >= 0.6 is 0 Å². The van der Waals surface area contributed by atoms with Gasteiger partial charge < -0.3 is 19.0 Å². The molecule has 0 atom stereocenters. The summed E-state index contributed by atoms with van der Waals surface area (Å²) in [7, 11) is 0. The van der Waals surface area contributed by atoms with Gasteiger partial charge in [-0.1, -0.05) is 24.6 Å². The number of unbranched alkanes of at least 4 members (excludes halogenated alkanes) is 2. The number of nitrogens with zero attached hydrogens (tertiary/aromatic N) is 2. The summed E-state index contributed by atoms with van der Waals surface area (Å²) < 4.78 is 13.4. The lowest BCUT2D eigenvalue weighted by Gasteiger charge is -2.12. The Morgan fingerprint density at radius 2 is 1.91 bits per heavy atom. The molecule has 4 aromatic rings. The van der Waals surface area contributed by atoms with Gasteiger partial charge in [-0.3, -0.25) is 4.79 Å². The molecule has 6 nitrogen and oxygen atoms in total. The van der Waals surface area contributed by atoms with Crippen LogP contribution in [0, 0.1) is 13.8 Å². The van der Waals surface area contributed by atoms with Gasteiger partial charge in [0.25, 0.3) is 5.91 Å². The second kappa shape index (κ2) is 10.9. The van der Waals surface area contributed by atoms with E-state index in [2.05, 4.69) is 54.1 Å². The molecule has 2 heterocycles. The number of aryl methyl sites for hydroxylation is 3. The lowest BCUT2D eigenvalue weighted by molar-refractivity contribution is 0.0925. The molecular weight excluding hydrogens is 414 g/mol. The van der Waals surface area contributed by atoms with Crippen molar-refractivity contribution < 1.29 is 13.9 Å². The van der Waals surface area contributed by atoms with Crippen LogP contribution < -0.4 is 10.1 Å². The molecular formula is C27H31N3O3. The van der Waals surface area contributed by atoms with Crippen molar-refractivity contribution in [1.29, 1.82) is 0 Å². The summed E-state index contributed by atoms with van der Waals surface area (Å²) in [6.07, 6.45) is 5.35. The van der Waals surface area contributed by atoms with Crippen LogP contribution in [0.3, 0.4) is 0 Å². The number of ether oxygens (including phenoxy) is 1. The van der Waals surface area contributed by atoms with Gasteiger partial charge in [0.15, 0.2) is 5.76 Å². The van der Waals surface area contributed by atoms with E-state index in [-0.39, 0.29) is 5.91 Å². The van der Waals surface area contributed by atoms with E-state index in [1.165, 1.54) is 17.4 Å². The van der Waals surface area contributed by atoms with Crippen molar-refractivity contribution in [1.82, 2.24) is 14.9 Å². The van der Waals surface area contributed by atoms with Crippen molar-refractivity contribution in [3.05, 3.63) is 83.6 Å². The van der Waals surface area contributed by atoms with E-state index >= 15 is 0 Å². The molecule has 4 rings (SSSR count). The van der Waals surface area contributed by atoms with Gasteiger partial charge in [-0.2, -0.15) is 0 Å². The van der Waals surface area contributed by atoms with Crippen LogP contribution in [0.15, 0.2) is 65.3 Å². The molecule has 0 radical (unpaired) electrons. The van der Waals surface area contributed by atoms with Gasteiger partial charge in [-0.25, -0.2) is 4.98 Å². The first kappa shape index (κ1) is 22.6. The van der Waals surface area contributed by atoms with Crippen molar-refractivity contribution in [3.63, 3.8) is 0 Å². The van der Waals surface area contributed by atoms with Crippen molar-refractivity contribution in [3.8, 4) is 5.75 Å². The molecule has 0 aliphatic heterocycles. The molecule has 0 spiro atoms. The largest absolute Gasteiger partial charge is 0.492 e. The van der Waals surface area contributed by atoms with E-state index in [0.717, 1.165) is 54.8 Å². The number of imidazole rings is 1. The first-order valence-corrected chi connectivity index (χ1v) is 11.6. The number of hydrogen-bond acceptors (Lipinski definition) is 4. The van der Waals surface area contributed by atoms with Crippen LogP contribution in [-0.4, -0.2) is 28.6 Å². The SMILES string of the molecule is Cc1ccc(OCCn2c(CCCCCNC(=O)c3ccco3)nc3ccccc32)cc1C. The standard InChI is InChI=1S/C27H31N3O3/c1-20-13-14-22(19-21(20)2)32-18-16-30-24-10-6-5-9-23(24)29-26(30)12-4-3-7-15-28-27(31)25-11-8-17-33-25/h5-6,8-11,13-14,17,19H,3-4,7,12,15-16,18H2,1-2H3,(H,28,31). The van der Waals surface area contributed by atoms with Crippen molar-refractivity contribution >= 4 is 16.9 Å². The highest BCUT2D eigenvalue weighted by molar-refractivity contribution is 5.91. The van der Waals surface area contributed by atoms with Gasteiger partial charge in [0.2, 0.25) is 0 Å². The number of rotatable bonds is 11. The predicted molar refractivity (Wildman–Crippen MR) is 130 cm³/mol. The molecule has 0 saturated carbocycles. The van der Waals surface area contributed by atoms with Gasteiger partial charge in [-0.05, 0) is 74.2 Å². The Hall–Kier alpha value is -3.54. The second-order valence-electron chi connectivity index (χ2n) is 8.31. The van der Waals surface area contributed by atoms with E-state index in [1.54, 1.807) is 12.1 Å². The highest BCUT2D eigenvalue weighted by atomic mass is 16.5. The van der Waals surface area contributed by atoms with E-state index in [4.69, 9.17) is 14.1 Å². The van der Waals surface area contributed by atoms with Crippen LogP contribution in [-0.2, 0) is 13.0 Å². The maximum Gasteiger partial charge on any atom is 0.286 e. The van der Waals surface area contributed by atoms with Gasteiger partial charge in [0.05, 0.1) is 23.8 Å². The number of furan rings is 1. The molecule has 0 saturated heterocycles. The highest BCUT2D eigenvalue weighted by Crippen LogP contribution is 2.19. The number of amides is 1. The zero-order chi connectivity index (χ0) is 23.0. The number of fused-ring (bicyclic) bond motifs is 1. The molecule has 0 unspecified atom stereocenters. The van der Waals surface area contributed by atoms with Crippen LogP contribution in [0.1, 0.15) is 46.8 Å². The fourth-order valence-electron chi connectivity index (χ4n) is 3.91. The molecule has 0 aliphatic carbocycles. The zero-order valence-corrected chi connectivity index (χ0v) is 19.3. The summed E-state index contributed by atoms with van der Waals surface area (Å²) in [5.74, 6) is 2.18. The summed E-state index contributed by atoms with van der Waals surface area (Å²) in [4.78, 5) is 16.8. The third-order valence-corrected chi connectivity index (χ3v) is 5.90. The Morgan fingerprint density at radius 3 is 2.73 bits per heavy atom. The van der Waals surface area contributed by atoms with E-state index in [0.29, 0.717) is 18.9 Å². The minimum Gasteiger partial charge on any atom is -0.492 e. The van der Waals surface area contributed by atoms with E-state index < -0.39 is 0 Å². The topological polar surface area (TPSA) is 69.3 Å². The minimum atomic E-state index is -0.162. The van der Waals surface area contributed by atoms with Gasteiger partial charge in [-0.15, -0.1) is 0 Å². The third-order valence-electron chi connectivity index (χ3n) is 5.90. The Labute approximate surface area is 194 Å². The van der Waals surface area contributed by atoms with Crippen molar-refractivity contribution in [2.45, 2.75) is 46.1 Å². The van der Waals surface area contributed by atoms with Crippen molar-refractivity contribution in [2.24, 2.45) is 0 Å². The third kappa shape index (κ3) is 5.83. The van der Waals surface area contributed by atoms with Crippen LogP contribution in [0.2, 0.25) is 0 Å². The summed E-state index contributed by atoms with van der Waals surface area (Å²) >= 11 is 0. The Balaban J connectivity index is 1.29. The number of benzene rings is 2. The molecule has 1 N–H and O–H groups in total. The van der Waals surface area contributed by atoms with Gasteiger partial charge >= 0.3 is 0 Å². The number of aromatic nitrogens is 2. The average Bonchev–Trinajstić information content (AvgIpc) is 3.47. The lowest BCUT2D eigenvalue weighted by atomic mass is 10.1. The average molecular weight is 446 g/mol. The van der Waals surface area contributed by atoms with E-state index in [9.17, 15) is 4.79 Å². The monoisotopic (exact) mass is 445 g/mol. The van der Waals surface area contributed by atoms with Gasteiger partial charge in [0, 0.05) is 13.0 Å². The normalized spacial score (nSPS) is 11.1. The Bertz CT molecular complexity index is 1190. The molecule has 0 aliphatic rings. The molecule has 6 heteroatoms. The first-order valence-electron chi connectivity index (χ1n) is 11.6. The summed E-state index contributed by atoms with van der Waals surface area (Å²) in [5.41, 5.74) is 4.67. The molecule has 2 aromatic heterocycles. The van der Waals surface area contributed by atoms with E-state index in [1.807, 2.05) is 12.1 Å². The molecule has 172 valence electrons. The maximum absolute atomic E-state index is 11.9. The maximum atomic E-state index is 11.9. The lowest BCUT2D eigenvalue weighted by Crippen LogP contribution is -2.23. The number of hydrogen-bond donors (Lipinski definition) is 1. The van der Waals surface area contributed by atoms with Gasteiger partial charge in [0.1, 0.15) is 18.2 Å².